The predicted molar refractivity (Wildman–Crippen MR) is 106 cm³/mol. The van der Waals surface area contributed by atoms with Crippen molar-refractivity contribution in [1.29, 1.82) is 0 Å². The van der Waals surface area contributed by atoms with E-state index in [9.17, 15) is 9.59 Å². The third-order valence-corrected chi connectivity index (χ3v) is 6.90. The summed E-state index contributed by atoms with van der Waals surface area (Å²) in [6, 6.07) is 8.24. The molecule has 2 aliphatic carbocycles. The minimum absolute atomic E-state index is 0.0643. The lowest BCUT2D eigenvalue weighted by molar-refractivity contribution is -0.128. The topological polar surface area (TPSA) is 75.4 Å². The van der Waals surface area contributed by atoms with Gasteiger partial charge in [-0.1, -0.05) is 18.6 Å². The summed E-state index contributed by atoms with van der Waals surface area (Å²) in [5.74, 6) is 1.45. The fourth-order valence-electron chi connectivity index (χ4n) is 5.30. The van der Waals surface area contributed by atoms with Crippen LogP contribution in [0.2, 0.25) is 0 Å². The molecule has 3 aliphatic rings. The second kappa shape index (κ2) is 7.63. The second-order valence-corrected chi connectivity index (χ2v) is 8.67. The van der Waals surface area contributed by atoms with Gasteiger partial charge in [0.25, 0.3) is 0 Å². The molecular weight excluding hydrogens is 338 g/mol. The Bertz CT molecular complexity index is 705. The maximum absolute atomic E-state index is 12.9. The molecule has 27 heavy (non-hydrogen) atoms. The maximum atomic E-state index is 12.9. The van der Waals surface area contributed by atoms with Gasteiger partial charge in [0.2, 0.25) is 11.8 Å². The lowest BCUT2D eigenvalue weighted by atomic mass is 9.65. The van der Waals surface area contributed by atoms with E-state index in [-0.39, 0.29) is 29.8 Å². The van der Waals surface area contributed by atoms with Gasteiger partial charge in [-0.15, -0.1) is 0 Å². The molecule has 5 nitrogen and oxygen atoms in total. The van der Waals surface area contributed by atoms with E-state index in [2.05, 4.69) is 5.32 Å². The first-order valence-corrected chi connectivity index (χ1v) is 10.5. The highest BCUT2D eigenvalue weighted by Gasteiger charge is 2.40. The third kappa shape index (κ3) is 3.75. The number of carbonyl (C=O) groups is 2. The van der Waals surface area contributed by atoms with Crippen molar-refractivity contribution in [1.82, 2.24) is 5.32 Å². The van der Waals surface area contributed by atoms with Gasteiger partial charge < -0.3 is 16.0 Å². The summed E-state index contributed by atoms with van der Waals surface area (Å²) in [5.41, 5.74) is 8.35. The van der Waals surface area contributed by atoms with E-state index < -0.39 is 0 Å². The molecule has 0 radical (unpaired) electrons. The van der Waals surface area contributed by atoms with Crippen molar-refractivity contribution in [3.8, 4) is 0 Å². The number of hydrogen-bond donors (Lipinski definition) is 2. The van der Waals surface area contributed by atoms with Gasteiger partial charge in [-0.3, -0.25) is 9.59 Å². The van der Waals surface area contributed by atoms with Crippen LogP contribution in [0.3, 0.4) is 0 Å². The fourth-order valence-corrected chi connectivity index (χ4v) is 5.30. The zero-order chi connectivity index (χ0) is 19.0. The molecule has 1 saturated heterocycles. The monoisotopic (exact) mass is 369 g/mol. The fraction of sp³-hybridized carbons (Fsp3) is 0.636. The number of benzene rings is 1. The molecule has 5 heteroatoms. The Balaban J connectivity index is 1.41. The largest absolute Gasteiger partial charge is 0.349 e. The van der Waals surface area contributed by atoms with Crippen molar-refractivity contribution in [2.45, 2.75) is 64.0 Å². The van der Waals surface area contributed by atoms with Crippen LogP contribution < -0.4 is 16.0 Å². The molecule has 4 rings (SSSR count). The Morgan fingerprint density at radius 2 is 1.96 bits per heavy atom. The molecular formula is C22H31N3O2. The number of nitrogens with zero attached hydrogens (tertiary/aromatic N) is 1. The minimum Gasteiger partial charge on any atom is -0.349 e. The van der Waals surface area contributed by atoms with E-state index in [1.165, 1.54) is 19.3 Å². The molecule has 3 atom stereocenters. The first kappa shape index (κ1) is 18.5. The van der Waals surface area contributed by atoms with E-state index in [1.54, 1.807) is 0 Å². The number of fused-ring (bicyclic) bond motifs is 2. The summed E-state index contributed by atoms with van der Waals surface area (Å²) in [7, 11) is 0. The predicted octanol–water partition coefficient (Wildman–Crippen LogP) is 3.14. The molecule has 2 bridgehead atoms. The van der Waals surface area contributed by atoms with Crippen LogP contribution in [0.5, 0.6) is 0 Å². The molecule has 3 N–H and O–H groups in total. The van der Waals surface area contributed by atoms with Crippen LogP contribution in [0, 0.1) is 17.8 Å². The highest BCUT2D eigenvalue weighted by atomic mass is 16.2. The van der Waals surface area contributed by atoms with Gasteiger partial charge in [-0.2, -0.15) is 0 Å². The second-order valence-electron chi connectivity index (χ2n) is 8.67. The summed E-state index contributed by atoms with van der Waals surface area (Å²) < 4.78 is 0. The highest BCUT2D eigenvalue weighted by Crippen LogP contribution is 2.42. The molecule has 1 heterocycles. The standard InChI is InChI=1S/C22H31N3O2/c1-14(15-5-3-8-19(13-15)25-10-4-9-20(25)26)24-22(27)18-11-16-6-2-7-17(12-18)21(16)23/h3,5,8,13-14,16-18,21H,2,4,6-7,9-12,23H2,1H3,(H,24,27). The molecule has 3 fully saturated rings. The van der Waals surface area contributed by atoms with E-state index >= 15 is 0 Å². The summed E-state index contributed by atoms with van der Waals surface area (Å²) in [4.78, 5) is 26.8. The molecule has 2 saturated carbocycles. The van der Waals surface area contributed by atoms with Gasteiger partial charge in [-0.25, -0.2) is 0 Å². The number of hydrogen-bond acceptors (Lipinski definition) is 3. The number of amides is 2. The molecule has 3 unspecified atom stereocenters. The number of carbonyl (C=O) groups excluding carboxylic acids is 2. The van der Waals surface area contributed by atoms with Crippen LogP contribution in [0.4, 0.5) is 5.69 Å². The van der Waals surface area contributed by atoms with Crippen LogP contribution in [0.15, 0.2) is 24.3 Å². The van der Waals surface area contributed by atoms with Gasteiger partial charge >= 0.3 is 0 Å². The summed E-state index contributed by atoms with van der Waals surface area (Å²) in [6.45, 7) is 2.81. The first-order chi connectivity index (χ1) is 13.0. The van der Waals surface area contributed by atoms with Crippen molar-refractivity contribution in [2.24, 2.45) is 23.5 Å². The average Bonchev–Trinajstić information content (AvgIpc) is 3.07. The summed E-state index contributed by atoms with van der Waals surface area (Å²) in [6.07, 6.45) is 7.00. The Labute approximate surface area is 161 Å². The van der Waals surface area contributed by atoms with Crippen LogP contribution in [-0.2, 0) is 9.59 Å². The van der Waals surface area contributed by atoms with Crippen molar-refractivity contribution in [3.05, 3.63) is 29.8 Å². The van der Waals surface area contributed by atoms with E-state index in [1.807, 2.05) is 36.1 Å². The smallest absolute Gasteiger partial charge is 0.227 e. The lowest BCUT2D eigenvalue weighted by Crippen LogP contribution is -2.49. The normalized spacial score (nSPS) is 31.6. The molecule has 1 aliphatic heterocycles. The Hall–Kier alpha value is -1.88. The first-order valence-electron chi connectivity index (χ1n) is 10.5. The zero-order valence-electron chi connectivity index (χ0n) is 16.2. The molecule has 0 aromatic heterocycles. The van der Waals surface area contributed by atoms with Crippen molar-refractivity contribution in [3.63, 3.8) is 0 Å². The van der Waals surface area contributed by atoms with Gasteiger partial charge in [0, 0.05) is 30.6 Å². The highest BCUT2D eigenvalue weighted by molar-refractivity contribution is 5.95. The SMILES string of the molecule is CC(NC(=O)C1CC2CCCC(C1)C2N)c1cccc(N2CCCC2=O)c1. The van der Waals surface area contributed by atoms with Crippen molar-refractivity contribution in [2.75, 3.05) is 11.4 Å². The zero-order valence-corrected chi connectivity index (χ0v) is 16.2. The molecule has 2 amide bonds. The molecule has 1 aromatic carbocycles. The molecule has 146 valence electrons. The van der Waals surface area contributed by atoms with Gasteiger partial charge in [0.05, 0.1) is 6.04 Å². The molecule has 1 aromatic rings. The summed E-state index contributed by atoms with van der Waals surface area (Å²) in [5, 5.41) is 3.22. The van der Waals surface area contributed by atoms with Crippen LogP contribution in [0.1, 0.15) is 63.5 Å². The van der Waals surface area contributed by atoms with Crippen molar-refractivity contribution < 1.29 is 9.59 Å². The maximum Gasteiger partial charge on any atom is 0.227 e. The lowest BCUT2D eigenvalue weighted by Gasteiger charge is -2.43. The van der Waals surface area contributed by atoms with E-state index in [0.717, 1.165) is 37.1 Å². The van der Waals surface area contributed by atoms with Gasteiger partial charge in [0.1, 0.15) is 0 Å². The van der Waals surface area contributed by atoms with Crippen molar-refractivity contribution >= 4 is 17.5 Å². The van der Waals surface area contributed by atoms with Gasteiger partial charge in [-0.05, 0) is 68.6 Å². The van der Waals surface area contributed by atoms with Crippen LogP contribution in [-0.4, -0.2) is 24.4 Å². The Kier molecular flexibility index (Phi) is 5.22. The quantitative estimate of drug-likeness (QED) is 0.856. The van der Waals surface area contributed by atoms with E-state index in [0.29, 0.717) is 18.3 Å². The minimum atomic E-state index is -0.0643. The number of nitrogens with two attached hydrogens (primary N) is 1. The number of nitrogens with one attached hydrogen (secondary N) is 1. The number of rotatable bonds is 4. The van der Waals surface area contributed by atoms with Crippen LogP contribution in [0.25, 0.3) is 0 Å². The number of anilines is 1. The summed E-state index contributed by atoms with van der Waals surface area (Å²) >= 11 is 0. The van der Waals surface area contributed by atoms with Crippen LogP contribution >= 0.6 is 0 Å². The average molecular weight is 370 g/mol. The third-order valence-electron chi connectivity index (χ3n) is 6.90. The van der Waals surface area contributed by atoms with E-state index in [4.69, 9.17) is 5.73 Å². The molecule has 0 spiro atoms. The van der Waals surface area contributed by atoms with Gasteiger partial charge in [0.15, 0.2) is 0 Å². The Morgan fingerprint density at radius 1 is 1.22 bits per heavy atom. The Morgan fingerprint density at radius 3 is 2.63 bits per heavy atom.